The second kappa shape index (κ2) is 4.63. The molecule has 2 aliphatic heterocycles. The van der Waals surface area contributed by atoms with Crippen LogP contribution in [0.4, 0.5) is 0 Å². The number of nitrogens with zero attached hydrogens (tertiary/aromatic N) is 2. The lowest BCUT2D eigenvalue weighted by atomic mass is 9.81. The van der Waals surface area contributed by atoms with Crippen LogP contribution in [0.3, 0.4) is 0 Å². The second-order valence-corrected chi connectivity index (χ2v) is 5.81. The van der Waals surface area contributed by atoms with Gasteiger partial charge in [0.1, 0.15) is 0 Å². The van der Waals surface area contributed by atoms with E-state index in [1.807, 2.05) is 0 Å². The van der Waals surface area contributed by atoms with Crippen LogP contribution in [0.2, 0.25) is 0 Å². The van der Waals surface area contributed by atoms with Crippen LogP contribution in [0.15, 0.2) is 0 Å². The average Bonchev–Trinajstić information content (AvgIpc) is 2.54. The molecule has 0 saturated carbocycles. The number of rotatable bonds is 4. The number of piperidine rings is 1. The van der Waals surface area contributed by atoms with Crippen LogP contribution in [0.1, 0.15) is 39.0 Å². The van der Waals surface area contributed by atoms with Gasteiger partial charge in [0.2, 0.25) is 0 Å². The normalized spacial score (nSPS) is 39.6. The molecule has 94 valence electrons. The minimum atomic E-state index is 0.286. The fraction of sp³-hybridized carbons (Fsp3) is 1.00. The van der Waals surface area contributed by atoms with Crippen molar-refractivity contribution < 1.29 is 0 Å². The van der Waals surface area contributed by atoms with E-state index in [-0.39, 0.29) is 5.54 Å². The maximum absolute atomic E-state index is 6.11. The summed E-state index contributed by atoms with van der Waals surface area (Å²) in [5, 5.41) is 0. The van der Waals surface area contributed by atoms with Crippen LogP contribution in [0.25, 0.3) is 0 Å². The molecule has 2 rings (SSSR count). The quantitative estimate of drug-likeness (QED) is 0.782. The average molecular weight is 225 g/mol. The van der Waals surface area contributed by atoms with Crippen LogP contribution in [0, 0.1) is 0 Å². The summed E-state index contributed by atoms with van der Waals surface area (Å²) in [5.74, 6) is 0. The standard InChI is InChI=1S/C13H27N3/c1-4-7-15(2)13(10-14)8-11-5-6-12(9-13)16(11)3/h11-12H,4-10,14H2,1-3H3. The molecule has 2 aliphatic rings. The highest BCUT2D eigenvalue weighted by Gasteiger charge is 2.47. The van der Waals surface area contributed by atoms with Crippen molar-refractivity contribution in [2.45, 2.75) is 56.7 Å². The highest BCUT2D eigenvalue weighted by molar-refractivity contribution is 5.05. The third kappa shape index (κ3) is 1.89. The van der Waals surface area contributed by atoms with E-state index in [0.717, 1.165) is 18.6 Å². The van der Waals surface area contributed by atoms with Crippen LogP contribution in [0.5, 0.6) is 0 Å². The Labute approximate surface area is 100.0 Å². The zero-order valence-electron chi connectivity index (χ0n) is 11.1. The minimum Gasteiger partial charge on any atom is -0.329 e. The molecule has 3 heteroatoms. The van der Waals surface area contributed by atoms with Crippen molar-refractivity contribution in [2.75, 3.05) is 27.2 Å². The number of nitrogens with two attached hydrogens (primary N) is 1. The van der Waals surface area contributed by atoms with E-state index < -0.39 is 0 Å². The molecule has 2 bridgehead atoms. The van der Waals surface area contributed by atoms with E-state index in [2.05, 4.69) is 30.8 Å². The first-order valence-electron chi connectivity index (χ1n) is 6.76. The molecule has 0 aromatic rings. The summed E-state index contributed by atoms with van der Waals surface area (Å²) in [6.45, 7) is 4.26. The van der Waals surface area contributed by atoms with Crippen molar-refractivity contribution in [1.29, 1.82) is 0 Å². The molecule has 2 heterocycles. The molecule has 2 unspecified atom stereocenters. The summed E-state index contributed by atoms with van der Waals surface area (Å²) in [4.78, 5) is 5.12. The fourth-order valence-electron chi connectivity index (χ4n) is 3.75. The Hall–Kier alpha value is -0.120. The lowest BCUT2D eigenvalue weighted by Crippen LogP contribution is -2.60. The Kier molecular flexibility index (Phi) is 3.57. The molecule has 2 fully saturated rings. The van der Waals surface area contributed by atoms with Crippen molar-refractivity contribution in [3.8, 4) is 0 Å². The van der Waals surface area contributed by atoms with Gasteiger partial charge < -0.3 is 10.6 Å². The van der Waals surface area contributed by atoms with Gasteiger partial charge in [0, 0.05) is 24.2 Å². The van der Waals surface area contributed by atoms with Gasteiger partial charge in [0.05, 0.1) is 0 Å². The van der Waals surface area contributed by atoms with Crippen LogP contribution in [-0.2, 0) is 0 Å². The lowest BCUT2D eigenvalue weighted by molar-refractivity contribution is 0.0163. The molecule has 0 aliphatic carbocycles. The fourth-order valence-corrected chi connectivity index (χ4v) is 3.75. The first-order chi connectivity index (χ1) is 7.63. The van der Waals surface area contributed by atoms with Gasteiger partial charge in [-0.05, 0) is 52.7 Å². The highest BCUT2D eigenvalue weighted by Crippen LogP contribution is 2.41. The summed E-state index contributed by atoms with van der Waals surface area (Å²) in [6, 6.07) is 1.56. The smallest absolute Gasteiger partial charge is 0.0358 e. The molecule has 16 heavy (non-hydrogen) atoms. The topological polar surface area (TPSA) is 32.5 Å². The van der Waals surface area contributed by atoms with Crippen LogP contribution >= 0.6 is 0 Å². The Morgan fingerprint density at radius 2 is 1.88 bits per heavy atom. The number of hydrogen-bond donors (Lipinski definition) is 1. The van der Waals surface area contributed by atoms with Gasteiger partial charge in [-0.2, -0.15) is 0 Å². The van der Waals surface area contributed by atoms with Gasteiger partial charge in [-0.3, -0.25) is 4.90 Å². The third-order valence-electron chi connectivity index (χ3n) is 4.96. The molecular formula is C13H27N3. The molecular weight excluding hydrogens is 198 g/mol. The van der Waals surface area contributed by atoms with Gasteiger partial charge in [0.15, 0.2) is 0 Å². The van der Waals surface area contributed by atoms with Crippen LogP contribution < -0.4 is 5.73 Å². The summed E-state index contributed by atoms with van der Waals surface area (Å²) >= 11 is 0. The van der Waals surface area contributed by atoms with Crippen molar-refractivity contribution in [3.05, 3.63) is 0 Å². The van der Waals surface area contributed by atoms with E-state index in [0.29, 0.717) is 0 Å². The Morgan fingerprint density at radius 3 is 2.31 bits per heavy atom. The molecule has 2 atom stereocenters. The molecule has 0 aromatic heterocycles. The van der Waals surface area contributed by atoms with Gasteiger partial charge in [-0.25, -0.2) is 0 Å². The molecule has 2 saturated heterocycles. The molecule has 0 radical (unpaired) electrons. The first-order valence-corrected chi connectivity index (χ1v) is 6.76. The minimum absolute atomic E-state index is 0.286. The zero-order valence-corrected chi connectivity index (χ0v) is 11.1. The van der Waals surface area contributed by atoms with Crippen LogP contribution in [-0.4, -0.2) is 54.6 Å². The zero-order chi connectivity index (χ0) is 11.8. The van der Waals surface area contributed by atoms with Gasteiger partial charge >= 0.3 is 0 Å². The second-order valence-electron chi connectivity index (χ2n) is 5.81. The Morgan fingerprint density at radius 1 is 1.31 bits per heavy atom. The van der Waals surface area contributed by atoms with E-state index >= 15 is 0 Å². The lowest BCUT2D eigenvalue weighted by Gasteiger charge is -2.49. The monoisotopic (exact) mass is 225 g/mol. The van der Waals surface area contributed by atoms with Gasteiger partial charge in [-0.15, -0.1) is 0 Å². The number of hydrogen-bond acceptors (Lipinski definition) is 3. The van der Waals surface area contributed by atoms with Gasteiger partial charge in [-0.1, -0.05) is 6.92 Å². The molecule has 2 N–H and O–H groups in total. The third-order valence-corrected chi connectivity index (χ3v) is 4.96. The van der Waals surface area contributed by atoms with E-state index in [1.54, 1.807) is 0 Å². The maximum Gasteiger partial charge on any atom is 0.0358 e. The summed E-state index contributed by atoms with van der Waals surface area (Å²) in [7, 11) is 4.56. The first kappa shape index (κ1) is 12.3. The SMILES string of the molecule is CCCN(C)C1(CN)CC2CCC(C1)N2C. The molecule has 0 aromatic carbocycles. The molecule has 3 nitrogen and oxygen atoms in total. The summed E-state index contributed by atoms with van der Waals surface area (Å²) in [6.07, 6.45) is 6.52. The summed E-state index contributed by atoms with van der Waals surface area (Å²) < 4.78 is 0. The van der Waals surface area contributed by atoms with Crippen molar-refractivity contribution in [2.24, 2.45) is 5.73 Å². The summed E-state index contributed by atoms with van der Waals surface area (Å²) in [5.41, 5.74) is 6.39. The Bertz CT molecular complexity index is 227. The predicted octanol–water partition coefficient (Wildman–Crippen LogP) is 1.28. The van der Waals surface area contributed by atoms with E-state index in [9.17, 15) is 0 Å². The highest BCUT2D eigenvalue weighted by atomic mass is 15.3. The van der Waals surface area contributed by atoms with Crippen molar-refractivity contribution >= 4 is 0 Å². The number of likely N-dealkylation sites (N-methyl/N-ethyl adjacent to an activating group) is 1. The van der Waals surface area contributed by atoms with E-state index in [4.69, 9.17) is 5.73 Å². The Balaban J connectivity index is 2.11. The maximum atomic E-state index is 6.11. The van der Waals surface area contributed by atoms with E-state index in [1.165, 1.54) is 38.6 Å². The molecule has 0 amide bonds. The predicted molar refractivity (Wildman–Crippen MR) is 68.5 cm³/mol. The van der Waals surface area contributed by atoms with Gasteiger partial charge in [0.25, 0.3) is 0 Å². The number of fused-ring (bicyclic) bond motifs is 2. The largest absolute Gasteiger partial charge is 0.329 e. The molecule has 0 spiro atoms. The van der Waals surface area contributed by atoms with Crippen molar-refractivity contribution in [3.63, 3.8) is 0 Å². The van der Waals surface area contributed by atoms with Crippen molar-refractivity contribution in [1.82, 2.24) is 9.80 Å².